The summed E-state index contributed by atoms with van der Waals surface area (Å²) >= 11 is 6.14. The Bertz CT molecular complexity index is 595. The molecule has 0 saturated heterocycles. The molecule has 1 atom stereocenters. The van der Waals surface area contributed by atoms with Crippen molar-refractivity contribution in [2.24, 2.45) is 5.73 Å². The maximum Gasteiger partial charge on any atom is 0.451 e. The Kier molecular flexibility index (Phi) is 6.32. The Labute approximate surface area is 134 Å². The van der Waals surface area contributed by atoms with Crippen molar-refractivity contribution in [3.8, 4) is 0 Å². The van der Waals surface area contributed by atoms with Crippen molar-refractivity contribution in [2.45, 2.75) is 38.2 Å². The van der Waals surface area contributed by atoms with Gasteiger partial charge in [0.1, 0.15) is 0 Å². The highest BCUT2D eigenvalue weighted by atomic mass is 35.5. The molecule has 7 nitrogen and oxygen atoms in total. The molecule has 4 N–H and O–H groups in total. The van der Waals surface area contributed by atoms with Crippen LogP contribution in [0, 0.1) is 0 Å². The third-order valence-corrected chi connectivity index (χ3v) is 3.77. The van der Waals surface area contributed by atoms with Crippen molar-refractivity contribution in [2.75, 3.05) is 0 Å². The van der Waals surface area contributed by atoms with Gasteiger partial charge in [-0.3, -0.25) is 0 Å². The number of hydrogen-bond donors (Lipinski definition) is 3. The molecule has 1 unspecified atom stereocenters. The first-order valence-corrected chi connectivity index (χ1v) is 7.57. The predicted molar refractivity (Wildman–Crippen MR) is 84.1 cm³/mol. The van der Waals surface area contributed by atoms with Crippen LogP contribution >= 0.6 is 11.6 Å². The Hall–Kier alpha value is -1.48. The number of aromatic nitrogens is 4. The standard InChI is InChI=1S/C13H19BClN5O2/c15-11-6-2-1-5-10(11)9-20-13(17-18-19-20)12(16)7-3-4-8-14(21)22/h1-2,5-6,12,21-22H,3-4,7-9,16H2. The lowest BCUT2D eigenvalue weighted by atomic mass is 9.83. The van der Waals surface area contributed by atoms with Gasteiger partial charge in [-0.05, 0) is 34.8 Å². The second kappa shape index (κ2) is 8.23. The van der Waals surface area contributed by atoms with Gasteiger partial charge in [0.25, 0.3) is 0 Å². The molecule has 1 aromatic heterocycles. The molecule has 0 radical (unpaired) electrons. The van der Waals surface area contributed by atoms with Crippen LogP contribution in [0.4, 0.5) is 0 Å². The summed E-state index contributed by atoms with van der Waals surface area (Å²) < 4.78 is 1.65. The fourth-order valence-electron chi connectivity index (χ4n) is 2.20. The molecule has 0 amide bonds. The van der Waals surface area contributed by atoms with E-state index in [4.69, 9.17) is 27.4 Å². The van der Waals surface area contributed by atoms with Crippen molar-refractivity contribution in [1.29, 1.82) is 0 Å². The highest BCUT2D eigenvalue weighted by Gasteiger charge is 2.16. The van der Waals surface area contributed by atoms with Gasteiger partial charge in [0.05, 0.1) is 12.6 Å². The first-order valence-electron chi connectivity index (χ1n) is 7.19. The molecule has 0 saturated carbocycles. The normalized spacial score (nSPS) is 12.4. The van der Waals surface area contributed by atoms with Crippen LogP contribution in [0.25, 0.3) is 0 Å². The van der Waals surface area contributed by atoms with Gasteiger partial charge < -0.3 is 15.8 Å². The molecule has 0 spiro atoms. The van der Waals surface area contributed by atoms with Crippen LogP contribution in [-0.4, -0.2) is 37.4 Å². The fourth-order valence-corrected chi connectivity index (χ4v) is 2.39. The summed E-state index contributed by atoms with van der Waals surface area (Å²) in [5.74, 6) is 0.601. The summed E-state index contributed by atoms with van der Waals surface area (Å²) in [6, 6.07) is 7.22. The van der Waals surface area contributed by atoms with Crippen LogP contribution in [-0.2, 0) is 6.54 Å². The number of unbranched alkanes of at least 4 members (excludes halogenated alkanes) is 1. The minimum Gasteiger partial charge on any atom is -0.427 e. The molecule has 118 valence electrons. The third-order valence-electron chi connectivity index (χ3n) is 3.40. The molecular weight excluding hydrogens is 304 g/mol. The summed E-state index contributed by atoms with van der Waals surface area (Å²) in [4.78, 5) is 0. The third kappa shape index (κ3) is 4.77. The molecule has 0 aliphatic rings. The second-order valence-electron chi connectivity index (χ2n) is 5.16. The molecule has 0 bridgehead atoms. The number of benzene rings is 1. The lowest BCUT2D eigenvalue weighted by molar-refractivity contribution is 0.400. The van der Waals surface area contributed by atoms with Gasteiger partial charge >= 0.3 is 7.12 Å². The number of hydrogen-bond acceptors (Lipinski definition) is 6. The SMILES string of the molecule is NC(CCCCB(O)O)c1nnnn1Cc1ccccc1Cl. The van der Waals surface area contributed by atoms with Crippen molar-refractivity contribution in [1.82, 2.24) is 20.2 Å². The largest absolute Gasteiger partial charge is 0.451 e. The van der Waals surface area contributed by atoms with E-state index >= 15 is 0 Å². The second-order valence-corrected chi connectivity index (χ2v) is 5.56. The average molecular weight is 324 g/mol. The van der Waals surface area contributed by atoms with Gasteiger partial charge in [-0.2, -0.15) is 0 Å². The zero-order valence-corrected chi connectivity index (χ0v) is 12.9. The van der Waals surface area contributed by atoms with Crippen LogP contribution in [0.5, 0.6) is 0 Å². The molecule has 2 rings (SSSR count). The van der Waals surface area contributed by atoms with Gasteiger partial charge in [-0.25, -0.2) is 4.68 Å². The lowest BCUT2D eigenvalue weighted by Crippen LogP contribution is -2.18. The highest BCUT2D eigenvalue weighted by molar-refractivity contribution is 6.40. The van der Waals surface area contributed by atoms with Crippen molar-refractivity contribution >= 4 is 18.7 Å². The summed E-state index contributed by atoms with van der Waals surface area (Å²) in [7, 11) is -1.26. The zero-order chi connectivity index (χ0) is 15.9. The maximum absolute atomic E-state index is 8.81. The molecule has 0 fully saturated rings. The van der Waals surface area contributed by atoms with E-state index in [1.165, 1.54) is 0 Å². The van der Waals surface area contributed by atoms with Crippen LogP contribution in [0.15, 0.2) is 24.3 Å². The predicted octanol–water partition coefficient (Wildman–Crippen LogP) is 1.02. The number of halogens is 1. The summed E-state index contributed by atoms with van der Waals surface area (Å²) in [5, 5.41) is 29.9. The molecule has 0 aliphatic carbocycles. The minimum atomic E-state index is -1.26. The summed E-state index contributed by atoms with van der Waals surface area (Å²) in [6.45, 7) is 0.463. The van der Waals surface area contributed by atoms with Crippen molar-refractivity contribution in [3.05, 3.63) is 40.7 Å². The van der Waals surface area contributed by atoms with Gasteiger partial charge in [0, 0.05) is 5.02 Å². The minimum absolute atomic E-state index is 0.298. The Morgan fingerprint density at radius 2 is 2.05 bits per heavy atom. The van der Waals surface area contributed by atoms with Crippen molar-refractivity contribution < 1.29 is 10.0 Å². The lowest BCUT2D eigenvalue weighted by Gasteiger charge is -2.12. The molecule has 9 heteroatoms. The van der Waals surface area contributed by atoms with E-state index in [1.807, 2.05) is 24.3 Å². The highest BCUT2D eigenvalue weighted by Crippen LogP contribution is 2.19. The van der Waals surface area contributed by atoms with E-state index < -0.39 is 7.12 Å². The van der Waals surface area contributed by atoms with E-state index in [2.05, 4.69) is 15.5 Å². The van der Waals surface area contributed by atoms with E-state index in [-0.39, 0.29) is 6.04 Å². The Balaban J connectivity index is 1.95. The smallest absolute Gasteiger partial charge is 0.427 e. The molecular formula is C13H19BClN5O2. The monoisotopic (exact) mass is 323 g/mol. The molecule has 1 aromatic carbocycles. The number of nitrogens with two attached hydrogens (primary N) is 1. The van der Waals surface area contributed by atoms with Gasteiger partial charge in [0.2, 0.25) is 0 Å². The molecule has 0 aliphatic heterocycles. The summed E-state index contributed by atoms with van der Waals surface area (Å²) in [6.07, 6.45) is 2.49. The zero-order valence-electron chi connectivity index (χ0n) is 12.1. The quantitative estimate of drug-likeness (QED) is 0.494. The number of tetrazole rings is 1. The maximum atomic E-state index is 8.81. The van der Waals surface area contributed by atoms with Gasteiger partial charge in [-0.1, -0.05) is 42.6 Å². The first-order chi connectivity index (χ1) is 10.6. The molecule has 1 heterocycles. The number of rotatable bonds is 8. The van der Waals surface area contributed by atoms with Crippen LogP contribution < -0.4 is 5.73 Å². The molecule has 22 heavy (non-hydrogen) atoms. The molecule has 2 aromatic rings. The van der Waals surface area contributed by atoms with Crippen LogP contribution in [0.1, 0.15) is 36.7 Å². The van der Waals surface area contributed by atoms with E-state index in [0.717, 1.165) is 12.0 Å². The van der Waals surface area contributed by atoms with E-state index in [9.17, 15) is 0 Å². The average Bonchev–Trinajstić information content (AvgIpc) is 2.94. The van der Waals surface area contributed by atoms with Crippen molar-refractivity contribution in [3.63, 3.8) is 0 Å². The number of nitrogens with zero attached hydrogens (tertiary/aromatic N) is 4. The Morgan fingerprint density at radius 3 is 2.77 bits per heavy atom. The van der Waals surface area contributed by atoms with Crippen LogP contribution in [0.2, 0.25) is 11.3 Å². The van der Waals surface area contributed by atoms with E-state index in [1.54, 1.807) is 4.68 Å². The first kappa shape index (κ1) is 16.9. The summed E-state index contributed by atoms with van der Waals surface area (Å²) in [5.41, 5.74) is 7.05. The van der Waals surface area contributed by atoms with Crippen LogP contribution in [0.3, 0.4) is 0 Å². The van der Waals surface area contributed by atoms with Gasteiger partial charge in [0.15, 0.2) is 5.82 Å². The topological polar surface area (TPSA) is 110 Å². The van der Waals surface area contributed by atoms with E-state index in [0.29, 0.717) is 36.6 Å². The fraction of sp³-hybridized carbons (Fsp3) is 0.462. The van der Waals surface area contributed by atoms with Gasteiger partial charge in [-0.15, -0.1) is 5.10 Å². The Morgan fingerprint density at radius 1 is 1.27 bits per heavy atom.